The second-order valence-corrected chi connectivity index (χ2v) is 5.99. The van der Waals surface area contributed by atoms with E-state index in [9.17, 15) is 14.4 Å². The van der Waals surface area contributed by atoms with E-state index >= 15 is 0 Å². The molecule has 1 N–H and O–H groups in total. The normalized spacial score (nSPS) is 24.9. The molecule has 2 amide bonds. The third-order valence-electron chi connectivity index (χ3n) is 4.60. The van der Waals surface area contributed by atoms with E-state index < -0.39 is 0 Å². The standard InChI is InChI=1S/C17H19NO3/c1-2-10-3-5-14-12(7-10)9-13(16(14)20)8-11-4-6-15(19)18-17(11)21/h3,5,7,11,13H,2,4,6,8-9H2,1H3,(H,18,19,21). The Labute approximate surface area is 123 Å². The zero-order chi connectivity index (χ0) is 15.0. The number of piperidine rings is 1. The number of amides is 2. The van der Waals surface area contributed by atoms with E-state index in [2.05, 4.69) is 18.3 Å². The average Bonchev–Trinajstić information content (AvgIpc) is 2.78. The Balaban J connectivity index is 1.73. The lowest BCUT2D eigenvalue weighted by Gasteiger charge is -2.22. The Bertz CT molecular complexity index is 620. The van der Waals surface area contributed by atoms with Gasteiger partial charge in [0, 0.05) is 23.8 Å². The number of fused-ring (bicyclic) bond motifs is 1. The maximum atomic E-state index is 12.4. The Morgan fingerprint density at radius 1 is 1.19 bits per heavy atom. The van der Waals surface area contributed by atoms with Gasteiger partial charge in [0.05, 0.1) is 0 Å². The number of carbonyl (C=O) groups is 3. The molecular weight excluding hydrogens is 266 g/mol. The lowest BCUT2D eigenvalue weighted by molar-refractivity contribution is -0.136. The number of ketones is 1. The van der Waals surface area contributed by atoms with Gasteiger partial charge in [0.2, 0.25) is 11.8 Å². The topological polar surface area (TPSA) is 63.2 Å². The summed E-state index contributed by atoms with van der Waals surface area (Å²) in [5, 5.41) is 2.37. The molecular formula is C17H19NO3. The van der Waals surface area contributed by atoms with Crippen LogP contribution in [0.5, 0.6) is 0 Å². The average molecular weight is 285 g/mol. The predicted molar refractivity (Wildman–Crippen MR) is 77.8 cm³/mol. The van der Waals surface area contributed by atoms with Crippen molar-refractivity contribution < 1.29 is 14.4 Å². The number of imide groups is 1. The number of nitrogens with one attached hydrogen (secondary N) is 1. The summed E-state index contributed by atoms with van der Waals surface area (Å²) in [4.78, 5) is 35.4. The van der Waals surface area contributed by atoms with Crippen LogP contribution in [-0.4, -0.2) is 17.6 Å². The van der Waals surface area contributed by atoms with E-state index in [0.29, 0.717) is 19.3 Å². The quantitative estimate of drug-likeness (QED) is 0.864. The first kappa shape index (κ1) is 14.0. The second-order valence-electron chi connectivity index (χ2n) is 5.99. The smallest absolute Gasteiger partial charge is 0.229 e. The van der Waals surface area contributed by atoms with Gasteiger partial charge in [0.25, 0.3) is 0 Å². The molecule has 2 unspecified atom stereocenters. The third kappa shape index (κ3) is 2.62. The maximum absolute atomic E-state index is 12.4. The van der Waals surface area contributed by atoms with Crippen LogP contribution in [0.1, 0.15) is 47.7 Å². The minimum Gasteiger partial charge on any atom is -0.296 e. The van der Waals surface area contributed by atoms with Crippen LogP contribution in [-0.2, 0) is 22.4 Å². The molecule has 0 bridgehead atoms. The third-order valence-corrected chi connectivity index (χ3v) is 4.60. The van der Waals surface area contributed by atoms with E-state index in [1.807, 2.05) is 12.1 Å². The summed E-state index contributed by atoms with van der Waals surface area (Å²) in [7, 11) is 0. The van der Waals surface area contributed by atoms with Gasteiger partial charge in [-0.1, -0.05) is 25.1 Å². The molecule has 110 valence electrons. The summed E-state index contributed by atoms with van der Waals surface area (Å²) >= 11 is 0. The van der Waals surface area contributed by atoms with Gasteiger partial charge in [0.1, 0.15) is 0 Å². The highest BCUT2D eigenvalue weighted by molar-refractivity contribution is 6.03. The minimum atomic E-state index is -0.218. The number of Topliss-reactive ketones (excluding diaryl/α,β-unsaturated/α-hetero) is 1. The van der Waals surface area contributed by atoms with E-state index in [1.54, 1.807) is 0 Å². The molecule has 1 aromatic rings. The van der Waals surface area contributed by atoms with Crippen LogP contribution in [0.2, 0.25) is 0 Å². The van der Waals surface area contributed by atoms with Gasteiger partial charge in [-0.2, -0.15) is 0 Å². The molecule has 1 fully saturated rings. The van der Waals surface area contributed by atoms with E-state index in [1.165, 1.54) is 5.56 Å². The molecule has 1 aliphatic carbocycles. The molecule has 1 aromatic carbocycles. The second kappa shape index (κ2) is 5.43. The molecule has 0 aromatic heterocycles. The molecule has 4 nitrogen and oxygen atoms in total. The zero-order valence-electron chi connectivity index (χ0n) is 12.1. The first-order valence-corrected chi connectivity index (χ1v) is 7.58. The van der Waals surface area contributed by atoms with Crippen LogP contribution in [0.4, 0.5) is 0 Å². The highest BCUT2D eigenvalue weighted by Crippen LogP contribution is 2.33. The van der Waals surface area contributed by atoms with Gasteiger partial charge in [-0.05, 0) is 36.8 Å². The van der Waals surface area contributed by atoms with Crippen molar-refractivity contribution in [2.75, 3.05) is 0 Å². The van der Waals surface area contributed by atoms with Gasteiger partial charge in [-0.3, -0.25) is 19.7 Å². The van der Waals surface area contributed by atoms with Gasteiger partial charge in [-0.15, -0.1) is 0 Å². The Hall–Kier alpha value is -1.97. The van der Waals surface area contributed by atoms with Crippen LogP contribution in [0, 0.1) is 11.8 Å². The fourth-order valence-electron chi connectivity index (χ4n) is 3.35. The molecule has 1 aliphatic heterocycles. The van der Waals surface area contributed by atoms with Crippen molar-refractivity contribution in [3.63, 3.8) is 0 Å². The molecule has 1 saturated heterocycles. The van der Waals surface area contributed by atoms with Gasteiger partial charge >= 0.3 is 0 Å². The lowest BCUT2D eigenvalue weighted by atomic mass is 9.86. The largest absolute Gasteiger partial charge is 0.296 e. The molecule has 21 heavy (non-hydrogen) atoms. The monoisotopic (exact) mass is 285 g/mol. The van der Waals surface area contributed by atoms with Crippen LogP contribution in [0.15, 0.2) is 18.2 Å². The highest BCUT2D eigenvalue weighted by Gasteiger charge is 2.36. The molecule has 1 heterocycles. The van der Waals surface area contributed by atoms with E-state index in [4.69, 9.17) is 0 Å². The first-order chi connectivity index (χ1) is 10.1. The molecule has 2 atom stereocenters. The number of hydrogen-bond donors (Lipinski definition) is 1. The molecule has 3 rings (SSSR count). The van der Waals surface area contributed by atoms with Gasteiger partial charge in [0.15, 0.2) is 5.78 Å². The van der Waals surface area contributed by atoms with Gasteiger partial charge < -0.3 is 0 Å². The Morgan fingerprint density at radius 2 is 2.00 bits per heavy atom. The van der Waals surface area contributed by atoms with Crippen molar-refractivity contribution in [1.82, 2.24) is 5.32 Å². The van der Waals surface area contributed by atoms with Crippen LogP contribution in [0.25, 0.3) is 0 Å². The van der Waals surface area contributed by atoms with Crippen molar-refractivity contribution in [3.8, 4) is 0 Å². The Kier molecular flexibility index (Phi) is 3.62. The van der Waals surface area contributed by atoms with E-state index in [0.717, 1.165) is 24.0 Å². The molecule has 0 saturated carbocycles. The summed E-state index contributed by atoms with van der Waals surface area (Å²) in [6.07, 6.45) is 3.17. The van der Waals surface area contributed by atoms with Gasteiger partial charge in [-0.25, -0.2) is 0 Å². The highest BCUT2D eigenvalue weighted by atomic mass is 16.2. The van der Waals surface area contributed by atoms with Crippen molar-refractivity contribution >= 4 is 17.6 Å². The Morgan fingerprint density at radius 3 is 2.71 bits per heavy atom. The zero-order valence-corrected chi connectivity index (χ0v) is 12.1. The van der Waals surface area contributed by atoms with Crippen molar-refractivity contribution in [2.45, 2.75) is 39.0 Å². The SMILES string of the molecule is CCc1ccc2c(c1)CC(CC1CCC(=O)NC1=O)C2=O. The number of aryl methyl sites for hydroxylation is 1. The van der Waals surface area contributed by atoms with E-state index in [-0.39, 0.29) is 29.4 Å². The number of hydrogen-bond acceptors (Lipinski definition) is 3. The first-order valence-electron chi connectivity index (χ1n) is 7.58. The number of rotatable bonds is 3. The summed E-state index contributed by atoms with van der Waals surface area (Å²) in [5.41, 5.74) is 3.16. The minimum absolute atomic E-state index is 0.115. The van der Waals surface area contributed by atoms with Crippen molar-refractivity contribution in [3.05, 3.63) is 34.9 Å². The molecule has 4 heteroatoms. The predicted octanol–water partition coefficient (Wildman–Crippen LogP) is 2.05. The molecule has 0 radical (unpaired) electrons. The van der Waals surface area contributed by atoms with Crippen molar-refractivity contribution in [1.29, 1.82) is 0 Å². The summed E-state index contributed by atoms with van der Waals surface area (Å²) < 4.78 is 0. The fraction of sp³-hybridized carbons (Fsp3) is 0.471. The number of benzene rings is 1. The molecule has 2 aliphatic rings. The maximum Gasteiger partial charge on any atom is 0.229 e. The summed E-state index contributed by atoms with van der Waals surface area (Å²) in [6, 6.07) is 6.03. The van der Waals surface area contributed by atoms with Crippen molar-refractivity contribution in [2.24, 2.45) is 11.8 Å². The summed E-state index contributed by atoms with van der Waals surface area (Å²) in [5.74, 6) is -0.598. The number of carbonyl (C=O) groups excluding carboxylic acids is 3. The lowest BCUT2D eigenvalue weighted by Crippen LogP contribution is -2.41. The summed E-state index contributed by atoms with van der Waals surface area (Å²) in [6.45, 7) is 2.10. The van der Waals surface area contributed by atoms with Crippen LogP contribution in [0.3, 0.4) is 0 Å². The van der Waals surface area contributed by atoms with Crippen LogP contribution >= 0.6 is 0 Å². The molecule has 0 spiro atoms. The fourth-order valence-corrected chi connectivity index (χ4v) is 3.35. The van der Waals surface area contributed by atoms with Crippen LogP contribution < -0.4 is 5.32 Å².